The molecule has 0 radical (unpaired) electrons. The smallest absolute Gasteiger partial charge is 0.266 e. The molecule has 1 aliphatic heterocycles. The maximum atomic E-state index is 13.0. The molecular formula is C17H22N4O2S2. The summed E-state index contributed by atoms with van der Waals surface area (Å²) in [5, 5.41) is 6.12. The number of aryl methyl sites for hydroxylation is 1. The summed E-state index contributed by atoms with van der Waals surface area (Å²) in [6, 6.07) is -0.448. The van der Waals surface area contributed by atoms with E-state index >= 15 is 0 Å². The highest BCUT2D eigenvalue weighted by Crippen LogP contribution is 2.31. The Morgan fingerprint density at radius 1 is 1.36 bits per heavy atom. The van der Waals surface area contributed by atoms with E-state index in [4.69, 9.17) is 0 Å². The van der Waals surface area contributed by atoms with Crippen LogP contribution in [0.2, 0.25) is 0 Å². The highest BCUT2D eigenvalue weighted by Gasteiger charge is 2.36. The first kappa shape index (κ1) is 18.0. The van der Waals surface area contributed by atoms with Crippen LogP contribution in [0.25, 0.3) is 0 Å². The summed E-state index contributed by atoms with van der Waals surface area (Å²) in [7, 11) is 0. The van der Waals surface area contributed by atoms with E-state index in [0.29, 0.717) is 23.0 Å². The second-order valence-corrected chi connectivity index (χ2v) is 9.06. The van der Waals surface area contributed by atoms with E-state index in [1.165, 1.54) is 22.7 Å². The van der Waals surface area contributed by atoms with Crippen LogP contribution in [0.15, 0.2) is 11.6 Å². The molecule has 1 N–H and O–H groups in total. The van der Waals surface area contributed by atoms with Gasteiger partial charge in [0, 0.05) is 23.5 Å². The van der Waals surface area contributed by atoms with Crippen molar-refractivity contribution in [3.63, 3.8) is 0 Å². The molecule has 8 heteroatoms. The number of rotatable bonds is 3. The quantitative estimate of drug-likeness (QED) is 0.888. The highest BCUT2D eigenvalue weighted by atomic mass is 32.1. The topological polar surface area (TPSA) is 75.2 Å². The van der Waals surface area contributed by atoms with Gasteiger partial charge >= 0.3 is 0 Å². The Balaban J connectivity index is 1.79. The molecule has 3 rings (SSSR count). The molecule has 1 unspecified atom stereocenters. The minimum Gasteiger partial charge on any atom is -0.326 e. The van der Waals surface area contributed by atoms with Gasteiger partial charge in [-0.3, -0.25) is 9.59 Å². The second kappa shape index (κ2) is 6.84. The van der Waals surface area contributed by atoms with E-state index in [1.807, 2.05) is 12.3 Å². The molecular weight excluding hydrogens is 356 g/mol. The van der Waals surface area contributed by atoms with E-state index in [1.54, 1.807) is 11.1 Å². The van der Waals surface area contributed by atoms with Crippen molar-refractivity contribution in [1.29, 1.82) is 0 Å². The highest BCUT2D eigenvalue weighted by molar-refractivity contribution is 7.14. The van der Waals surface area contributed by atoms with E-state index < -0.39 is 6.04 Å². The fraction of sp³-hybridized carbons (Fsp3) is 0.529. The molecule has 0 spiro atoms. The first-order valence-corrected chi connectivity index (χ1v) is 9.96. The Bertz CT molecular complexity index is 777. The lowest BCUT2D eigenvalue weighted by Gasteiger charge is -2.23. The van der Waals surface area contributed by atoms with Gasteiger partial charge in [0.15, 0.2) is 5.13 Å². The van der Waals surface area contributed by atoms with Crippen molar-refractivity contribution >= 4 is 39.6 Å². The predicted octanol–water partition coefficient (Wildman–Crippen LogP) is 3.45. The van der Waals surface area contributed by atoms with Gasteiger partial charge in [0.1, 0.15) is 10.9 Å². The van der Waals surface area contributed by atoms with Crippen molar-refractivity contribution in [2.45, 2.75) is 52.0 Å². The number of hydrogen-bond donors (Lipinski definition) is 1. The van der Waals surface area contributed by atoms with Crippen LogP contribution < -0.4 is 5.32 Å². The standard InChI is InChI=1S/C17H22N4O2S2/c1-10-12(25-15(19-10)17(2,3)4)14(23)21-8-5-6-11(21)13(22)20-16-18-7-9-24-16/h7,9,11H,5-6,8H2,1-4H3,(H,18,20,22). The summed E-state index contributed by atoms with van der Waals surface area (Å²) in [6.07, 6.45) is 3.14. The lowest BCUT2D eigenvalue weighted by atomic mass is 9.98. The van der Waals surface area contributed by atoms with Crippen LogP contribution >= 0.6 is 22.7 Å². The average Bonchev–Trinajstić information content (AvgIpc) is 3.25. The lowest BCUT2D eigenvalue weighted by molar-refractivity contribution is -0.119. The number of anilines is 1. The fourth-order valence-corrected chi connectivity index (χ4v) is 4.41. The molecule has 1 aliphatic rings. The summed E-state index contributed by atoms with van der Waals surface area (Å²) in [4.78, 5) is 36.5. The number of carbonyl (C=O) groups is 2. The molecule has 1 atom stereocenters. The van der Waals surface area contributed by atoms with Gasteiger partial charge in [-0.15, -0.1) is 22.7 Å². The number of hydrogen-bond acceptors (Lipinski definition) is 6. The molecule has 0 aromatic carbocycles. The maximum Gasteiger partial charge on any atom is 0.266 e. The Morgan fingerprint density at radius 3 is 2.72 bits per heavy atom. The summed E-state index contributed by atoms with van der Waals surface area (Å²) >= 11 is 2.81. The summed E-state index contributed by atoms with van der Waals surface area (Å²) < 4.78 is 0. The normalized spacial score (nSPS) is 17.8. The molecule has 0 bridgehead atoms. The van der Waals surface area contributed by atoms with Crippen LogP contribution in [0.4, 0.5) is 5.13 Å². The largest absolute Gasteiger partial charge is 0.326 e. The second-order valence-electron chi connectivity index (χ2n) is 7.17. The molecule has 6 nitrogen and oxygen atoms in total. The Hall–Kier alpha value is -1.80. The van der Waals surface area contributed by atoms with E-state index in [2.05, 4.69) is 36.1 Å². The molecule has 0 saturated carbocycles. The van der Waals surface area contributed by atoms with Crippen molar-refractivity contribution in [3.05, 3.63) is 27.2 Å². The number of thiazole rings is 2. The fourth-order valence-electron chi connectivity index (χ4n) is 2.80. The summed E-state index contributed by atoms with van der Waals surface area (Å²) in [6.45, 7) is 8.70. The number of amides is 2. The van der Waals surface area contributed by atoms with Gasteiger partial charge < -0.3 is 10.2 Å². The SMILES string of the molecule is Cc1nc(C(C)(C)C)sc1C(=O)N1CCCC1C(=O)Nc1nccs1. The number of nitrogens with one attached hydrogen (secondary N) is 1. The third-order valence-electron chi connectivity index (χ3n) is 4.11. The molecule has 2 amide bonds. The van der Waals surface area contributed by atoms with Gasteiger partial charge in [-0.2, -0.15) is 0 Å². The number of likely N-dealkylation sites (tertiary alicyclic amines) is 1. The number of carbonyl (C=O) groups excluding carboxylic acids is 2. The minimum absolute atomic E-state index is 0.0951. The van der Waals surface area contributed by atoms with Crippen molar-refractivity contribution in [2.24, 2.45) is 0 Å². The zero-order valence-corrected chi connectivity index (χ0v) is 16.5. The van der Waals surface area contributed by atoms with Crippen LogP contribution in [0.1, 0.15) is 54.0 Å². The molecule has 134 valence electrons. The molecule has 1 saturated heterocycles. The van der Waals surface area contributed by atoms with Gasteiger partial charge in [-0.25, -0.2) is 9.97 Å². The van der Waals surface area contributed by atoms with Gasteiger partial charge in [0.05, 0.1) is 10.7 Å². The van der Waals surface area contributed by atoms with Crippen LogP contribution in [-0.4, -0.2) is 39.3 Å². The van der Waals surface area contributed by atoms with Crippen molar-refractivity contribution < 1.29 is 9.59 Å². The Morgan fingerprint density at radius 2 is 2.12 bits per heavy atom. The van der Waals surface area contributed by atoms with Crippen LogP contribution in [-0.2, 0) is 10.2 Å². The van der Waals surface area contributed by atoms with E-state index in [-0.39, 0.29) is 17.2 Å². The van der Waals surface area contributed by atoms with Crippen molar-refractivity contribution in [3.8, 4) is 0 Å². The van der Waals surface area contributed by atoms with Gasteiger partial charge in [0.2, 0.25) is 5.91 Å². The number of nitrogens with zero attached hydrogens (tertiary/aromatic N) is 3. The third-order valence-corrected chi connectivity index (χ3v) is 6.37. The molecule has 1 fully saturated rings. The Kier molecular flexibility index (Phi) is 4.92. The molecule has 2 aromatic heterocycles. The average molecular weight is 379 g/mol. The summed E-state index contributed by atoms with van der Waals surface area (Å²) in [5.41, 5.74) is 0.645. The van der Waals surface area contributed by atoms with E-state index in [9.17, 15) is 9.59 Å². The monoisotopic (exact) mass is 378 g/mol. The lowest BCUT2D eigenvalue weighted by Crippen LogP contribution is -2.43. The number of aromatic nitrogens is 2. The maximum absolute atomic E-state index is 13.0. The first-order valence-electron chi connectivity index (χ1n) is 8.26. The van der Waals surface area contributed by atoms with E-state index in [0.717, 1.165) is 17.1 Å². The summed E-state index contributed by atoms with van der Waals surface area (Å²) in [5.74, 6) is -0.263. The van der Waals surface area contributed by atoms with Crippen LogP contribution in [0.5, 0.6) is 0 Å². The van der Waals surface area contributed by atoms with Gasteiger partial charge in [-0.05, 0) is 19.8 Å². The first-order chi connectivity index (χ1) is 11.8. The van der Waals surface area contributed by atoms with Gasteiger partial charge in [0.25, 0.3) is 5.91 Å². The molecule has 0 aliphatic carbocycles. The van der Waals surface area contributed by atoms with Gasteiger partial charge in [-0.1, -0.05) is 20.8 Å². The molecule has 2 aromatic rings. The minimum atomic E-state index is -0.448. The van der Waals surface area contributed by atoms with Crippen LogP contribution in [0, 0.1) is 6.92 Å². The molecule has 3 heterocycles. The predicted molar refractivity (Wildman–Crippen MR) is 100 cm³/mol. The zero-order valence-electron chi connectivity index (χ0n) is 14.8. The van der Waals surface area contributed by atoms with Crippen molar-refractivity contribution in [2.75, 3.05) is 11.9 Å². The van der Waals surface area contributed by atoms with Crippen molar-refractivity contribution in [1.82, 2.24) is 14.9 Å². The van der Waals surface area contributed by atoms with Crippen LogP contribution in [0.3, 0.4) is 0 Å². The Labute approximate surface area is 155 Å². The molecule has 25 heavy (non-hydrogen) atoms. The zero-order chi connectivity index (χ0) is 18.2. The third kappa shape index (κ3) is 3.74.